The van der Waals surface area contributed by atoms with Crippen molar-refractivity contribution in [3.05, 3.63) is 80.4 Å². The van der Waals surface area contributed by atoms with Gasteiger partial charge < -0.3 is 14.4 Å². The van der Waals surface area contributed by atoms with Crippen molar-refractivity contribution in [3.63, 3.8) is 0 Å². The Labute approximate surface area is 189 Å². The number of carboxylic acid groups (broad SMARTS) is 1. The van der Waals surface area contributed by atoms with Crippen LogP contribution >= 0.6 is 11.3 Å². The second kappa shape index (κ2) is 7.91. The molecule has 32 heavy (non-hydrogen) atoms. The van der Waals surface area contributed by atoms with Crippen LogP contribution in [0.5, 0.6) is 5.75 Å². The highest BCUT2D eigenvalue weighted by Gasteiger charge is 2.22. The molecule has 0 unspecified atom stereocenters. The second-order valence-electron chi connectivity index (χ2n) is 8.01. The minimum atomic E-state index is -0.967. The average molecular weight is 446 g/mol. The molecule has 0 amide bonds. The van der Waals surface area contributed by atoms with Gasteiger partial charge in [0.1, 0.15) is 23.7 Å². The van der Waals surface area contributed by atoms with Crippen molar-refractivity contribution in [3.8, 4) is 5.75 Å². The fourth-order valence-electron chi connectivity index (χ4n) is 4.30. The summed E-state index contributed by atoms with van der Waals surface area (Å²) in [6, 6.07) is 10.1. The smallest absolute Gasteiger partial charge is 0.328 e. The molecular formula is C25H23N3O3S. The summed E-state index contributed by atoms with van der Waals surface area (Å²) in [6.07, 6.45) is 2.08. The Bertz CT molecular complexity index is 1400. The molecule has 5 rings (SSSR count). The summed E-state index contributed by atoms with van der Waals surface area (Å²) in [7, 11) is 0. The maximum absolute atomic E-state index is 11.5. The molecular weight excluding hydrogens is 422 g/mol. The Hall–Kier alpha value is -3.45. The number of carbonyl (C=O) groups is 1. The minimum absolute atomic E-state index is 0.417. The van der Waals surface area contributed by atoms with Gasteiger partial charge in [0.15, 0.2) is 5.65 Å². The molecule has 0 bridgehead atoms. The molecule has 4 heterocycles. The molecule has 162 valence electrons. The van der Waals surface area contributed by atoms with Crippen LogP contribution in [0.4, 0.5) is 0 Å². The summed E-state index contributed by atoms with van der Waals surface area (Å²) in [6.45, 7) is 7.20. The fourth-order valence-corrected chi connectivity index (χ4v) is 5.25. The maximum atomic E-state index is 11.5. The number of ether oxygens (including phenoxy) is 1. The molecule has 7 heteroatoms. The molecule has 1 aromatic carbocycles. The predicted octanol–water partition coefficient (Wildman–Crippen LogP) is 5.13. The lowest BCUT2D eigenvalue weighted by Gasteiger charge is -2.13. The number of thiophene rings is 1. The number of hydrogen-bond donors (Lipinski definition) is 1. The van der Waals surface area contributed by atoms with E-state index in [1.165, 1.54) is 17.4 Å². The van der Waals surface area contributed by atoms with Gasteiger partial charge in [-0.1, -0.05) is 19.1 Å². The number of hydrogen-bond acceptors (Lipinski definition) is 5. The number of carboxylic acids is 1. The summed E-state index contributed by atoms with van der Waals surface area (Å²) in [4.78, 5) is 22.1. The summed E-state index contributed by atoms with van der Waals surface area (Å²) in [5, 5.41) is 11.4. The zero-order valence-corrected chi connectivity index (χ0v) is 19.0. The predicted molar refractivity (Wildman–Crippen MR) is 125 cm³/mol. The molecule has 3 aromatic heterocycles. The van der Waals surface area contributed by atoms with Gasteiger partial charge in [0.25, 0.3) is 0 Å². The monoisotopic (exact) mass is 445 g/mol. The number of pyridine rings is 1. The molecule has 0 fully saturated rings. The summed E-state index contributed by atoms with van der Waals surface area (Å²) in [5.41, 5.74) is 7.48. The third-order valence-corrected chi connectivity index (χ3v) is 6.73. The SMILES string of the molecule is CCc1nc2c(C)cc(C)nc2n1Cc1ccc2c(c1)OCc1ccsc1/C2=C\C(=O)O. The van der Waals surface area contributed by atoms with E-state index >= 15 is 0 Å². The van der Waals surface area contributed by atoms with Crippen LogP contribution in [0.25, 0.3) is 16.7 Å². The van der Waals surface area contributed by atoms with Crippen LogP contribution in [-0.4, -0.2) is 25.6 Å². The van der Waals surface area contributed by atoms with Gasteiger partial charge in [0.2, 0.25) is 0 Å². The Balaban J connectivity index is 1.59. The average Bonchev–Trinajstić information content (AvgIpc) is 3.32. The number of aryl methyl sites for hydroxylation is 3. The molecule has 6 nitrogen and oxygen atoms in total. The molecule has 0 saturated heterocycles. The van der Waals surface area contributed by atoms with Gasteiger partial charge in [0, 0.05) is 39.8 Å². The highest BCUT2D eigenvalue weighted by atomic mass is 32.1. The highest BCUT2D eigenvalue weighted by Crippen LogP contribution is 2.40. The number of benzene rings is 1. The molecule has 1 aliphatic heterocycles. The van der Waals surface area contributed by atoms with E-state index in [0.717, 1.165) is 56.2 Å². The van der Waals surface area contributed by atoms with Gasteiger partial charge >= 0.3 is 5.97 Å². The van der Waals surface area contributed by atoms with E-state index in [9.17, 15) is 9.90 Å². The largest absolute Gasteiger partial charge is 0.488 e. The van der Waals surface area contributed by atoms with Gasteiger partial charge in [-0.2, -0.15) is 0 Å². The first-order valence-electron chi connectivity index (χ1n) is 10.6. The van der Waals surface area contributed by atoms with Gasteiger partial charge in [-0.15, -0.1) is 11.3 Å². The molecule has 1 aliphatic rings. The van der Waals surface area contributed by atoms with Crippen LogP contribution in [0.3, 0.4) is 0 Å². The minimum Gasteiger partial charge on any atom is -0.488 e. The van der Waals surface area contributed by atoms with Crippen molar-refractivity contribution < 1.29 is 14.6 Å². The molecule has 0 atom stereocenters. The van der Waals surface area contributed by atoms with E-state index in [0.29, 0.717) is 24.5 Å². The standard InChI is InChI=1S/C25H23N3O3S/c1-4-21-27-23-14(2)9-15(3)26-25(23)28(21)12-16-5-6-18-19(11-22(29)30)24-17(7-8-32-24)13-31-20(18)10-16/h5-11H,4,12-13H2,1-3H3,(H,29,30)/b19-11-. The van der Waals surface area contributed by atoms with E-state index in [1.807, 2.05) is 36.6 Å². The number of nitrogens with zero attached hydrogens (tertiary/aromatic N) is 3. The van der Waals surface area contributed by atoms with Crippen LogP contribution in [0.15, 0.2) is 41.8 Å². The molecule has 1 N–H and O–H groups in total. The second-order valence-corrected chi connectivity index (χ2v) is 8.93. The van der Waals surface area contributed by atoms with E-state index < -0.39 is 5.97 Å². The quantitative estimate of drug-likeness (QED) is 0.441. The van der Waals surface area contributed by atoms with Crippen LogP contribution in [0, 0.1) is 13.8 Å². The van der Waals surface area contributed by atoms with Crippen molar-refractivity contribution in [1.29, 1.82) is 0 Å². The maximum Gasteiger partial charge on any atom is 0.328 e. The molecule has 0 saturated carbocycles. The fraction of sp³-hybridized carbons (Fsp3) is 0.240. The third-order valence-electron chi connectivity index (χ3n) is 5.74. The molecule has 0 radical (unpaired) electrons. The summed E-state index contributed by atoms with van der Waals surface area (Å²) < 4.78 is 8.28. The topological polar surface area (TPSA) is 77.2 Å². The lowest BCUT2D eigenvalue weighted by Crippen LogP contribution is -2.06. The Morgan fingerprint density at radius 2 is 2.09 bits per heavy atom. The number of imidazole rings is 1. The van der Waals surface area contributed by atoms with E-state index in [-0.39, 0.29) is 0 Å². The van der Waals surface area contributed by atoms with Crippen molar-refractivity contribution in [2.24, 2.45) is 0 Å². The van der Waals surface area contributed by atoms with Gasteiger partial charge in [0.05, 0.1) is 6.54 Å². The number of fused-ring (bicyclic) bond motifs is 3. The lowest BCUT2D eigenvalue weighted by atomic mass is 10.00. The number of aromatic nitrogens is 3. The van der Waals surface area contributed by atoms with Gasteiger partial charge in [-0.3, -0.25) is 0 Å². The molecule has 4 aromatic rings. The van der Waals surface area contributed by atoms with Crippen molar-refractivity contribution in [2.45, 2.75) is 40.3 Å². The first kappa shape index (κ1) is 20.5. The van der Waals surface area contributed by atoms with Crippen LogP contribution in [0.2, 0.25) is 0 Å². The zero-order chi connectivity index (χ0) is 22.4. The number of rotatable bonds is 4. The van der Waals surface area contributed by atoms with E-state index in [1.54, 1.807) is 0 Å². The van der Waals surface area contributed by atoms with Crippen molar-refractivity contribution in [2.75, 3.05) is 0 Å². The molecule has 0 spiro atoms. The van der Waals surface area contributed by atoms with E-state index in [2.05, 4.69) is 24.5 Å². The first-order valence-corrected chi connectivity index (χ1v) is 11.4. The third kappa shape index (κ3) is 3.48. The van der Waals surface area contributed by atoms with E-state index in [4.69, 9.17) is 14.7 Å². The van der Waals surface area contributed by atoms with Crippen LogP contribution < -0.4 is 4.74 Å². The Kier molecular flexibility index (Phi) is 5.06. The summed E-state index contributed by atoms with van der Waals surface area (Å²) >= 11 is 1.54. The van der Waals surface area contributed by atoms with Crippen molar-refractivity contribution >= 4 is 34.0 Å². The number of aliphatic carboxylic acids is 1. The Morgan fingerprint density at radius 3 is 2.88 bits per heavy atom. The van der Waals surface area contributed by atoms with Crippen LogP contribution in [0.1, 0.15) is 45.6 Å². The first-order chi connectivity index (χ1) is 15.4. The summed E-state index contributed by atoms with van der Waals surface area (Å²) in [5.74, 6) is 0.720. The normalized spacial score (nSPS) is 14.2. The Morgan fingerprint density at radius 1 is 1.25 bits per heavy atom. The van der Waals surface area contributed by atoms with Crippen LogP contribution in [-0.2, 0) is 24.4 Å². The van der Waals surface area contributed by atoms with Gasteiger partial charge in [-0.25, -0.2) is 14.8 Å². The zero-order valence-electron chi connectivity index (χ0n) is 18.2. The molecule has 0 aliphatic carbocycles. The lowest BCUT2D eigenvalue weighted by molar-refractivity contribution is -0.131. The highest BCUT2D eigenvalue weighted by molar-refractivity contribution is 7.11. The van der Waals surface area contributed by atoms with Gasteiger partial charge in [-0.05, 0) is 48.6 Å². The van der Waals surface area contributed by atoms with Crippen molar-refractivity contribution in [1.82, 2.24) is 14.5 Å².